The van der Waals surface area contributed by atoms with Gasteiger partial charge in [-0.15, -0.1) is 11.3 Å². The fourth-order valence-electron chi connectivity index (χ4n) is 1.73. The van der Waals surface area contributed by atoms with Gasteiger partial charge in [-0.25, -0.2) is 0 Å². The van der Waals surface area contributed by atoms with Gasteiger partial charge in [0, 0.05) is 18.0 Å². The van der Waals surface area contributed by atoms with E-state index in [-0.39, 0.29) is 0 Å². The summed E-state index contributed by atoms with van der Waals surface area (Å²) in [4.78, 5) is 12.5. The minimum atomic E-state index is -0.531. The van der Waals surface area contributed by atoms with Gasteiger partial charge in [-0.05, 0) is 17.7 Å². The molecular weight excluding hydrogens is 260 g/mol. The highest BCUT2D eigenvalue weighted by Crippen LogP contribution is 2.16. The molecule has 2 rings (SSSR count). The van der Waals surface area contributed by atoms with Crippen LogP contribution in [0.4, 0.5) is 0 Å². The van der Waals surface area contributed by atoms with E-state index < -0.39 is 12.0 Å². The van der Waals surface area contributed by atoms with Crippen molar-refractivity contribution in [2.45, 2.75) is 12.6 Å². The lowest BCUT2D eigenvalue weighted by Gasteiger charge is -2.11. The van der Waals surface area contributed by atoms with E-state index in [0.717, 1.165) is 10.4 Å². The Kier molecular flexibility index (Phi) is 4.68. The molecule has 19 heavy (non-hydrogen) atoms. The maximum atomic E-state index is 11.0. The number of carbonyl (C=O) groups is 1. The van der Waals surface area contributed by atoms with Gasteiger partial charge in [-0.2, -0.15) is 0 Å². The summed E-state index contributed by atoms with van der Waals surface area (Å²) in [5.41, 5.74) is 6.08. The quantitative estimate of drug-likeness (QED) is 0.751. The average Bonchev–Trinajstić information content (AvgIpc) is 2.89. The fraction of sp³-hybridized carbons (Fsp3) is 0.214. The second kappa shape index (κ2) is 6.47. The lowest BCUT2D eigenvalue weighted by Crippen LogP contribution is -2.20. The molecule has 4 N–H and O–H groups in total. The Bertz CT molecular complexity index is 539. The number of hydrogen-bond acceptors (Lipinski definition) is 4. The van der Waals surface area contributed by atoms with E-state index in [0.29, 0.717) is 18.0 Å². The van der Waals surface area contributed by atoms with Gasteiger partial charge in [0.05, 0.1) is 11.0 Å². The zero-order valence-electron chi connectivity index (χ0n) is 10.4. The molecule has 0 aliphatic rings. The molecule has 4 nitrogen and oxygen atoms in total. The van der Waals surface area contributed by atoms with E-state index in [4.69, 9.17) is 5.73 Å². The molecule has 0 radical (unpaired) electrons. The maximum absolute atomic E-state index is 11.0. The predicted octanol–water partition coefficient (Wildman–Crippen LogP) is 1.67. The third kappa shape index (κ3) is 3.89. The Morgan fingerprint density at radius 1 is 1.26 bits per heavy atom. The normalized spacial score (nSPS) is 12.3. The molecule has 1 atom stereocenters. The zero-order valence-corrected chi connectivity index (χ0v) is 11.2. The molecule has 0 aliphatic carbocycles. The number of primary amides is 1. The van der Waals surface area contributed by atoms with Gasteiger partial charge < -0.3 is 16.2 Å². The first kappa shape index (κ1) is 13.7. The van der Waals surface area contributed by atoms with E-state index in [1.54, 1.807) is 6.07 Å². The monoisotopic (exact) mass is 276 g/mol. The summed E-state index contributed by atoms with van der Waals surface area (Å²) in [6.07, 6.45) is -0.531. The van der Waals surface area contributed by atoms with Gasteiger partial charge in [-0.1, -0.05) is 30.3 Å². The third-order valence-electron chi connectivity index (χ3n) is 2.73. The SMILES string of the molecule is NC(=O)c1ccc(CNC[C@@H](O)c2ccccc2)s1. The van der Waals surface area contributed by atoms with E-state index in [1.807, 2.05) is 36.4 Å². The number of carbonyl (C=O) groups excluding carboxylic acids is 1. The summed E-state index contributed by atoms with van der Waals surface area (Å²) in [5, 5.41) is 13.1. The van der Waals surface area contributed by atoms with Crippen molar-refractivity contribution in [3.05, 3.63) is 57.8 Å². The largest absolute Gasteiger partial charge is 0.387 e. The molecule has 1 amide bonds. The highest BCUT2D eigenvalue weighted by atomic mass is 32.1. The first-order chi connectivity index (χ1) is 9.16. The predicted molar refractivity (Wildman–Crippen MR) is 75.9 cm³/mol. The molecule has 0 saturated carbocycles. The van der Waals surface area contributed by atoms with Crippen LogP contribution >= 0.6 is 11.3 Å². The fourth-order valence-corrected chi connectivity index (χ4v) is 2.56. The van der Waals surface area contributed by atoms with Crippen LogP contribution in [0.2, 0.25) is 0 Å². The Balaban J connectivity index is 1.81. The first-order valence-corrected chi connectivity index (χ1v) is 6.80. The average molecular weight is 276 g/mol. The Hall–Kier alpha value is -1.69. The summed E-state index contributed by atoms with van der Waals surface area (Å²) >= 11 is 1.37. The molecule has 1 aromatic carbocycles. The molecule has 1 heterocycles. The third-order valence-corrected chi connectivity index (χ3v) is 3.83. The molecule has 0 aliphatic heterocycles. The molecule has 0 spiro atoms. The van der Waals surface area contributed by atoms with Crippen LogP contribution in [-0.2, 0) is 6.54 Å². The van der Waals surface area contributed by atoms with Crippen molar-refractivity contribution in [2.24, 2.45) is 5.73 Å². The number of hydrogen-bond donors (Lipinski definition) is 3. The zero-order chi connectivity index (χ0) is 13.7. The smallest absolute Gasteiger partial charge is 0.258 e. The number of aliphatic hydroxyl groups is 1. The molecule has 0 fully saturated rings. The van der Waals surface area contributed by atoms with Gasteiger partial charge in [0.25, 0.3) is 5.91 Å². The van der Waals surface area contributed by atoms with Gasteiger partial charge in [0.1, 0.15) is 0 Å². The second-order valence-corrected chi connectivity index (χ2v) is 5.36. The van der Waals surface area contributed by atoms with E-state index in [9.17, 15) is 9.90 Å². The van der Waals surface area contributed by atoms with Crippen LogP contribution in [0.1, 0.15) is 26.2 Å². The standard InChI is InChI=1S/C14H16N2O2S/c15-14(18)13-7-6-11(19-13)8-16-9-12(17)10-4-2-1-3-5-10/h1-7,12,16-17H,8-9H2,(H2,15,18)/t12-/m1/s1. The van der Waals surface area contributed by atoms with Crippen molar-refractivity contribution < 1.29 is 9.90 Å². The number of benzene rings is 1. The summed E-state index contributed by atoms with van der Waals surface area (Å²) in [6, 6.07) is 13.1. The molecule has 0 unspecified atom stereocenters. The van der Waals surface area contributed by atoms with Crippen LogP contribution in [0.25, 0.3) is 0 Å². The maximum Gasteiger partial charge on any atom is 0.258 e. The van der Waals surface area contributed by atoms with E-state index in [1.165, 1.54) is 11.3 Å². The van der Waals surface area contributed by atoms with Crippen LogP contribution in [0.5, 0.6) is 0 Å². The van der Waals surface area contributed by atoms with Crippen molar-refractivity contribution >= 4 is 17.2 Å². The molecule has 5 heteroatoms. The summed E-state index contributed by atoms with van der Waals surface area (Å²) in [6.45, 7) is 1.08. The summed E-state index contributed by atoms with van der Waals surface area (Å²) in [7, 11) is 0. The minimum Gasteiger partial charge on any atom is -0.387 e. The number of rotatable bonds is 6. The van der Waals surface area contributed by atoms with Gasteiger partial charge >= 0.3 is 0 Å². The minimum absolute atomic E-state index is 0.402. The van der Waals surface area contributed by atoms with Crippen molar-refractivity contribution in [1.29, 1.82) is 0 Å². The Morgan fingerprint density at radius 2 is 2.00 bits per heavy atom. The van der Waals surface area contributed by atoms with Crippen LogP contribution < -0.4 is 11.1 Å². The van der Waals surface area contributed by atoms with Crippen LogP contribution in [0, 0.1) is 0 Å². The highest BCUT2D eigenvalue weighted by molar-refractivity contribution is 7.14. The van der Waals surface area contributed by atoms with Crippen molar-refractivity contribution in [2.75, 3.05) is 6.54 Å². The number of aliphatic hydroxyl groups excluding tert-OH is 1. The van der Waals surface area contributed by atoms with Gasteiger partial charge in [-0.3, -0.25) is 4.79 Å². The van der Waals surface area contributed by atoms with Crippen LogP contribution in [0.15, 0.2) is 42.5 Å². The van der Waals surface area contributed by atoms with Crippen molar-refractivity contribution in [3.8, 4) is 0 Å². The number of thiophene rings is 1. The number of nitrogens with one attached hydrogen (secondary N) is 1. The molecule has 0 saturated heterocycles. The molecular formula is C14H16N2O2S. The molecule has 100 valence electrons. The van der Waals surface area contributed by atoms with Crippen molar-refractivity contribution in [3.63, 3.8) is 0 Å². The Morgan fingerprint density at radius 3 is 2.63 bits per heavy atom. The first-order valence-electron chi connectivity index (χ1n) is 5.99. The summed E-state index contributed by atoms with van der Waals surface area (Å²) < 4.78 is 0. The molecule has 1 aromatic heterocycles. The number of amides is 1. The van der Waals surface area contributed by atoms with E-state index in [2.05, 4.69) is 5.32 Å². The second-order valence-electron chi connectivity index (χ2n) is 4.19. The van der Waals surface area contributed by atoms with Crippen LogP contribution in [0.3, 0.4) is 0 Å². The topological polar surface area (TPSA) is 75.4 Å². The van der Waals surface area contributed by atoms with E-state index >= 15 is 0 Å². The highest BCUT2D eigenvalue weighted by Gasteiger charge is 2.08. The summed E-state index contributed by atoms with van der Waals surface area (Å²) in [5.74, 6) is -0.402. The lowest BCUT2D eigenvalue weighted by atomic mass is 10.1. The van der Waals surface area contributed by atoms with Gasteiger partial charge in [0.15, 0.2) is 0 Å². The molecule has 0 bridgehead atoms. The Labute approximate surface area is 115 Å². The molecule has 2 aromatic rings. The van der Waals surface area contributed by atoms with Crippen LogP contribution in [-0.4, -0.2) is 17.6 Å². The van der Waals surface area contributed by atoms with Gasteiger partial charge in [0.2, 0.25) is 0 Å². The lowest BCUT2D eigenvalue weighted by molar-refractivity contribution is 0.100. The number of nitrogens with two attached hydrogens (primary N) is 1. The van der Waals surface area contributed by atoms with Crippen molar-refractivity contribution in [1.82, 2.24) is 5.32 Å².